The lowest BCUT2D eigenvalue weighted by Crippen LogP contribution is -2.11. The van der Waals surface area contributed by atoms with Crippen LogP contribution in [0.15, 0.2) is 63.8 Å². The summed E-state index contributed by atoms with van der Waals surface area (Å²) in [6, 6.07) is 17.2. The summed E-state index contributed by atoms with van der Waals surface area (Å²) in [6.45, 7) is 6.16. The van der Waals surface area contributed by atoms with E-state index >= 15 is 0 Å². The summed E-state index contributed by atoms with van der Waals surface area (Å²) in [5.41, 5.74) is 4.98. The standard InChI is InChI=1S/C27H26O5/c1-16-7-6-8-19(12-16)15-31-27-25(28)24-18(3)11-17(2)13-23(24)32-26(27)20-9-10-21(29-4)22(14-20)30-5/h6-14H,15H2,1-5H3. The quantitative estimate of drug-likeness (QED) is 0.377. The van der Waals surface area contributed by atoms with Gasteiger partial charge in [0.1, 0.15) is 12.2 Å². The third-order valence-corrected chi connectivity index (χ3v) is 5.41. The molecule has 0 saturated heterocycles. The Kier molecular flexibility index (Phi) is 5.91. The molecule has 4 rings (SSSR count). The maximum absolute atomic E-state index is 13.6. The van der Waals surface area contributed by atoms with E-state index in [1.807, 2.05) is 63.2 Å². The SMILES string of the molecule is COc1ccc(-c2oc3cc(C)cc(C)c3c(=O)c2OCc2cccc(C)c2)cc1OC. The number of hydrogen-bond donors (Lipinski definition) is 0. The predicted octanol–water partition coefficient (Wildman–Crippen LogP) is 5.98. The van der Waals surface area contributed by atoms with Crippen LogP contribution in [-0.4, -0.2) is 14.2 Å². The monoisotopic (exact) mass is 430 g/mol. The van der Waals surface area contributed by atoms with Crippen LogP contribution >= 0.6 is 0 Å². The zero-order chi connectivity index (χ0) is 22.8. The molecular weight excluding hydrogens is 404 g/mol. The lowest BCUT2D eigenvalue weighted by atomic mass is 10.0. The number of ether oxygens (including phenoxy) is 3. The molecule has 4 aromatic rings. The summed E-state index contributed by atoms with van der Waals surface area (Å²) >= 11 is 0. The summed E-state index contributed by atoms with van der Waals surface area (Å²) in [6.07, 6.45) is 0. The van der Waals surface area contributed by atoms with E-state index in [-0.39, 0.29) is 17.8 Å². The van der Waals surface area contributed by atoms with Gasteiger partial charge in [0.15, 0.2) is 17.3 Å². The van der Waals surface area contributed by atoms with Gasteiger partial charge in [-0.05, 0) is 61.7 Å². The van der Waals surface area contributed by atoms with Crippen molar-refractivity contribution in [3.63, 3.8) is 0 Å². The smallest absolute Gasteiger partial charge is 0.235 e. The zero-order valence-electron chi connectivity index (χ0n) is 18.9. The Balaban J connectivity index is 1.91. The highest BCUT2D eigenvalue weighted by molar-refractivity contribution is 5.85. The van der Waals surface area contributed by atoms with Crippen molar-refractivity contribution in [2.45, 2.75) is 27.4 Å². The third-order valence-electron chi connectivity index (χ3n) is 5.41. The fourth-order valence-corrected chi connectivity index (χ4v) is 3.93. The van der Waals surface area contributed by atoms with Crippen LogP contribution in [0.2, 0.25) is 0 Å². The minimum atomic E-state index is -0.193. The van der Waals surface area contributed by atoms with Crippen LogP contribution in [0, 0.1) is 20.8 Å². The van der Waals surface area contributed by atoms with E-state index in [0.29, 0.717) is 33.8 Å². The van der Waals surface area contributed by atoms with E-state index < -0.39 is 0 Å². The van der Waals surface area contributed by atoms with E-state index in [0.717, 1.165) is 22.3 Å². The normalized spacial score (nSPS) is 10.9. The summed E-state index contributed by atoms with van der Waals surface area (Å²) in [5, 5.41) is 0.527. The minimum absolute atomic E-state index is 0.179. The third kappa shape index (κ3) is 4.06. The van der Waals surface area contributed by atoms with Gasteiger partial charge >= 0.3 is 0 Å². The second kappa shape index (κ2) is 8.79. The minimum Gasteiger partial charge on any atom is -0.493 e. The molecule has 0 atom stereocenters. The van der Waals surface area contributed by atoms with E-state index in [2.05, 4.69) is 0 Å². The van der Waals surface area contributed by atoms with Gasteiger partial charge in [0.2, 0.25) is 11.2 Å². The molecule has 0 spiro atoms. The van der Waals surface area contributed by atoms with Gasteiger partial charge in [-0.15, -0.1) is 0 Å². The van der Waals surface area contributed by atoms with Gasteiger partial charge in [0.05, 0.1) is 19.6 Å². The highest BCUT2D eigenvalue weighted by Gasteiger charge is 2.21. The molecule has 3 aromatic carbocycles. The molecule has 1 heterocycles. The van der Waals surface area contributed by atoms with Crippen molar-refractivity contribution in [3.05, 3.63) is 87.1 Å². The van der Waals surface area contributed by atoms with Gasteiger partial charge in [-0.3, -0.25) is 4.79 Å². The number of rotatable bonds is 6. The predicted molar refractivity (Wildman–Crippen MR) is 126 cm³/mol. The van der Waals surface area contributed by atoms with Crippen molar-refractivity contribution in [3.8, 4) is 28.6 Å². The molecule has 0 aliphatic heterocycles. The van der Waals surface area contributed by atoms with Crippen molar-refractivity contribution in [1.29, 1.82) is 0 Å². The average Bonchev–Trinajstić information content (AvgIpc) is 2.77. The molecule has 0 radical (unpaired) electrons. The Morgan fingerprint density at radius 1 is 0.844 bits per heavy atom. The molecule has 0 aliphatic rings. The first-order valence-electron chi connectivity index (χ1n) is 10.4. The van der Waals surface area contributed by atoms with Gasteiger partial charge in [0.25, 0.3) is 0 Å². The number of methoxy groups -OCH3 is 2. The number of benzene rings is 3. The molecule has 0 aliphatic carbocycles. The first-order valence-corrected chi connectivity index (χ1v) is 10.4. The van der Waals surface area contributed by atoms with Crippen LogP contribution in [0.3, 0.4) is 0 Å². The highest BCUT2D eigenvalue weighted by atomic mass is 16.5. The molecule has 0 bridgehead atoms. The molecule has 164 valence electrons. The average molecular weight is 431 g/mol. The number of hydrogen-bond acceptors (Lipinski definition) is 5. The second-order valence-corrected chi connectivity index (χ2v) is 7.89. The Labute approximate surface area is 187 Å². The van der Waals surface area contributed by atoms with Crippen LogP contribution in [0.25, 0.3) is 22.3 Å². The molecule has 0 fully saturated rings. The topological polar surface area (TPSA) is 57.9 Å². The van der Waals surface area contributed by atoms with E-state index in [1.54, 1.807) is 26.4 Å². The maximum atomic E-state index is 13.6. The molecule has 5 nitrogen and oxygen atoms in total. The molecule has 0 saturated carbocycles. The Morgan fingerprint density at radius 2 is 1.62 bits per heavy atom. The summed E-state index contributed by atoms with van der Waals surface area (Å²) in [5.74, 6) is 1.67. The molecule has 5 heteroatoms. The van der Waals surface area contributed by atoms with Crippen molar-refractivity contribution in [2.24, 2.45) is 0 Å². The first-order chi connectivity index (χ1) is 15.4. The van der Waals surface area contributed by atoms with Crippen molar-refractivity contribution in [1.82, 2.24) is 0 Å². The summed E-state index contributed by atoms with van der Waals surface area (Å²) < 4.78 is 23.2. The van der Waals surface area contributed by atoms with Gasteiger partial charge in [0, 0.05) is 5.56 Å². The van der Waals surface area contributed by atoms with Crippen molar-refractivity contribution in [2.75, 3.05) is 14.2 Å². The van der Waals surface area contributed by atoms with Gasteiger partial charge in [-0.25, -0.2) is 0 Å². The maximum Gasteiger partial charge on any atom is 0.235 e. The molecule has 32 heavy (non-hydrogen) atoms. The second-order valence-electron chi connectivity index (χ2n) is 7.89. The lowest BCUT2D eigenvalue weighted by Gasteiger charge is -2.15. The van der Waals surface area contributed by atoms with Gasteiger partial charge < -0.3 is 18.6 Å². The lowest BCUT2D eigenvalue weighted by molar-refractivity contribution is 0.297. The molecule has 0 N–H and O–H groups in total. The molecule has 0 amide bonds. The Bertz CT molecular complexity index is 1350. The molecule has 1 aromatic heterocycles. The number of aryl methyl sites for hydroxylation is 3. The van der Waals surface area contributed by atoms with Crippen LogP contribution in [0.5, 0.6) is 17.2 Å². The fourth-order valence-electron chi connectivity index (χ4n) is 3.93. The fraction of sp³-hybridized carbons (Fsp3) is 0.222. The molecule has 0 unspecified atom stereocenters. The highest BCUT2D eigenvalue weighted by Crippen LogP contribution is 2.37. The molecular formula is C27H26O5. The first kappa shape index (κ1) is 21.5. The van der Waals surface area contributed by atoms with Crippen LogP contribution < -0.4 is 19.6 Å². The Hall–Kier alpha value is -3.73. The van der Waals surface area contributed by atoms with Gasteiger partial charge in [-0.1, -0.05) is 35.9 Å². The van der Waals surface area contributed by atoms with Crippen molar-refractivity contribution >= 4 is 11.0 Å². The summed E-state index contributed by atoms with van der Waals surface area (Å²) in [4.78, 5) is 13.6. The van der Waals surface area contributed by atoms with Crippen molar-refractivity contribution < 1.29 is 18.6 Å². The van der Waals surface area contributed by atoms with Crippen LogP contribution in [0.4, 0.5) is 0 Å². The Morgan fingerprint density at radius 3 is 2.34 bits per heavy atom. The number of fused-ring (bicyclic) bond motifs is 1. The van der Waals surface area contributed by atoms with E-state index in [1.165, 1.54) is 0 Å². The van der Waals surface area contributed by atoms with Crippen LogP contribution in [-0.2, 0) is 6.61 Å². The zero-order valence-corrected chi connectivity index (χ0v) is 18.9. The largest absolute Gasteiger partial charge is 0.493 e. The van der Waals surface area contributed by atoms with Gasteiger partial charge in [-0.2, -0.15) is 0 Å². The summed E-state index contributed by atoms with van der Waals surface area (Å²) in [7, 11) is 3.15. The van der Waals surface area contributed by atoms with E-state index in [9.17, 15) is 4.79 Å². The van der Waals surface area contributed by atoms with Crippen LogP contribution in [0.1, 0.15) is 22.3 Å². The van der Waals surface area contributed by atoms with E-state index in [4.69, 9.17) is 18.6 Å².